The molecule has 1 N–H and O–H groups in total. The predicted molar refractivity (Wildman–Crippen MR) is 78.6 cm³/mol. The number of hydrogen-bond acceptors (Lipinski definition) is 2. The SMILES string of the molecule is COCCNC(=O)c1c(Cl)cccc1[Si](C)(C)C. The highest BCUT2D eigenvalue weighted by Gasteiger charge is 2.25. The van der Waals surface area contributed by atoms with E-state index in [1.165, 1.54) is 0 Å². The van der Waals surface area contributed by atoms with Gasteiger partial charge in [0, 0.05) is 13.7 Å². The third-order valence-electron chi connectivity index (χ3n) is 2.64. The van der Waals surface area contributed by atoms with Crippen LogP contribution in [0, 0.1) is 0 Å². The summed E-state index contributed by atoms with van der Waals surface area (Å²) in [5, 5.41) is 4.43. The zero-order valence-corrected chi connectivity index (χ0v) is 13.1. The van der Waals surface area contributed by atoms with Gasteiger partial charge in [0.2, 0.25) is 0 Å². The molecule has 1 amide bonds. The molecule has 0 unspecified atom stereocenters. The van der Waals surface area contributed by atoms with Gasteiger partial charge < -0.3 is 10.1 Å². The Labute approximate surface area is 114 Å². The van der Waals surface area contributed by atoms with E-state index in [9.17, 15) is 4.79 Å². The fourth-order valence-corrected chi connectivity index (χ4v) is 3.67. The molecule has 1 aromatic carbocycles. The Morgan fingerprint density at radius 3 is 2.61 bits per heavy atom. The van der Waals surface area contributed by atoms with Gasteiger partial charge in [0.25, 0.3) is 5.91 Å². The number of benzene rings is 1. The minimum absolute atomic E-state index is 0.116. The van der Waals surface area contributed by atoms with Crippen LogP contribution in [0.4, 0.5) is 0 Å². The number of hydrogen-bond donors (Lipinski definition) is 1. The van der Waals surface area contributed by atoms with Crippen molar-refractivity contribution < 1.29 is 9.53 Å². The number of carbonyl (C=O) groups excluding carboxylic acids is 1. The molecule has 0 aromatic heterocycles. The highest BCUT2D eigenvalue weighted by atomic mass is 35.5. The molecule has 0 heterocycles. The van der Waals surface area contributed by atoms with Gasteiger partial charge in [-0.05, 0) is 11.3 Å². The molecule has 5 heteroatoms. The molecular weight excluding hydrogens is 266 g/mol. The number of amides is 1. The maximum atomic E-state index is 12.2. The summed E-state index contributed by atoms with van der Waals surface area (Å²) in [6, 6.07) is 5.67. The summed E-state index contributed by atoms with van der Waals surface area (Å²) in [5.41, 5.74) is 0.620. The second-order valence-electron chi connectivity index (χ2n) is 5.16. The van der Waals surface area contributed by atoms with Crippen molar-refractivity contribution in [2.24, 2.45) is 0 Å². The fourth-order valence-electron chi connectivity index (χ4n) is 1.73. The van der Waals surface area contributed by atoms with E-state index in [1.54, 1.807) is 13.2 Å². The van der Waals surface area contributed by atoms with Crippen molar-refractivity contribution in [3.63, 3.8) is 0 Å². The number of nitrogens with one attached hydrogen (secondary N) is 1. The smallest absolute Gasteiger partial charge is 0.252 e. The highest BCUT2D eigenvalue weighted by molar-refractivity contribution is 6.89. The number of methoxy groups -OCH3 is 1. The largest absolute Gasteiger partial charge is 0.383 e. The topological polar surface area (TPSA) is 38.3 Å². The van der Waals surface area contributed by atoms with E-state index in [1.807, 2.05) is 12.1 Å². The minimum atomic E-state index is -1.60. The Hall–Kier alpha value is -0.843. The standard InChI is InChI=1S/C13H20ClNO2Si/c1-17-9-8-15-13(16)12-10(14)6-5-7-11(12)18(2,3)4/h5-7H,8-9H2,1-4H3,(H,15,16). The van der Waals surface area contributed by atoms with Crippen LogP contribution in [-0.4, -0.2) is 34.2 Å². The Kier molecular flexibility index (Phi) is 5.38. The zero-order valence-electron chi connectivity index (χ0n) is 11.3. The number of rotatable bonds is 5. The summed E-state index contributed by atoms with van der Waals surface area (Å²) in [7, 11) is 0.0102. The van der Waals surface area contributed by atoms with Gasteiger partial charge in [0.1, 0.15) is 0 Å². The molecule has 1 aromatic rings. The van der Waals surface area contributed by atoms with Crippen LogP contribution >= 0.6 is 11.6 Å². The van der Waals surface area contributed by atoms with Crippen LogP contribution in [0.5, 0.6) is 0 Å². The number of ether oxygens (including phenoxy) is 1. The molecule has 0 aliphatic carbocycles. The van der Waals surface area contributed by atoms with Gasteiger partial charge >= 0.3 is 0 Å². The molecule has 0 atom stereocenters. The Bertz CT molecular complexity index is 429. The van der Waals surface area contributed by atoms with Crippen molar-refractivity contribution in [3.05, 3.63) is 28.8 Å². The second-order valence-corrected chi connectivity index (χ2v) is 10.6. The third kappa shape index (κ3) is 3.83. The molecule has 18 heavy (non-hydrogen) atoms. The lowest BCUT2D eigenvalue weighted by Gasteiger charge is -2.21. The molecule has 0 saturated carbocycles. The first kappa shape index (κ1) is 15.2. The van der Waals surface area contributed by atoms with Gasteiger partial charge in [0.15, 0.2) is 0 Å². The molecule has 0 aliphatic heterocycles. The molecule has 100 valence electrons. The summed E-state index contributed by atoms with van der Waals surface area (Å²) in [6.45, 7) is 7.59. The van der Waals surface area contributed by atoms with E-state index < -0.39 is 8.07 Å². The summed E-state index contributed by atoms with van der Waals surface area (Å²) in [5.74, 6) is -0.116. The average Bonchev–Trinajstić information content (AvgIpc) is 2.27. The Morgan fingerprint density at radius 1 is 1.39 bits per heavy atom. The molecule has 3 nitrogen and oxygen atoms in total. The van der Waals surface area contributed by atoms with Crippen LogP contribution < -0.4 is 10.5 Å². The zero-order chi connectivity index (χ0) is 13.8. The molecule has 0 fully saturated rings. The van der Waals surface area contributed by atoms with E-state index in [0.717, 1.165) is 5.19 Å². The summed E-state index contributed by atoms with van der Waals surface area (Å²) in [4.78, 5) is 12.2. The molecule has 0 aliphatic rings. The van der Waals surface area contributed by atoms with Gasteiger partial charge in [-0.1, -0.05) is 43.4 Å². The van der Waals surface area contributed by atoms with Crippen molar-refractivity contribution in [1.29, 1.82) is 0 Å². The lowest BCUT2D eigenvalue weighted by molar-refractivity contribution is 0.0938. The van der Waals surface area contributed by atoms with E-state index in [-0.39, 0.29) is 5.91 Å². The van der Waals surface area contributed by atoms with Gasteiger partial charge in [0.05, 0.1) is 25.3 Å². The predicted octanol–water partition coefficient (Wildman–Crippen LogP) is 2.26. The lowest BCUT2D eigenvalue weighted by Crippen LogP contribution is -2.44. The van der Waals surface area contributed by atoms with Crippen LogP contribution in [0.3, 0.4) is 0 Å². The molecule has 0 bridgehead atoms. The first-order valence-corrected chi connectivity index (χ1v) is 9.82. The average molecular weight is 286 g/mol. The highest BCUT2D eigenvalue weighted by Crippen LogP contribution is 2.17. The van der Waals surface area contributed by atoms with Gasteiger partial charge in [-0.15, -0.1) is 0 Å². The Balaban J connectivity index is 3.03. The quantitative estimate of drug-likeness (QED) is 0.666. The first-order chi connectivity index (χ1) is 8.38. The van der Waals surface area contributed by atoms with Crippen molar-refractivity contribution in [2.75, 3.05) is 20.3 Å². The van der Waals surface area contributed by atoms with E-state index in [4.69, 9.17) is 16.3 Å². The number of carbonyl (C=O) groups is 1. The summed E-state index contributed by atoms with van der Waals surface area (Å²) in [6.07, 6.45) is 0. The third-order valence-corrected chi connectivity index (χ3v) is 4.99. The van der Waals surface area contributed by atoms with Gasteiger partial charge in [-0.2, -0.15) is 0 Å². The monoisotopic (exact) mass is 285 g/mol. The van der Waals surface area contributed by atoms with Crippen molar-refractivity contribution in [1.82, 2.24) is 5.32 Å². The Morgan fingerprint density at radius 2 is 2.06 bits per heavy atom. The first-order valence-electron chi connectivity index (χ1n) is 5.94. The fraction of sp³-hybridized carbons (Fsp3) is 0.462. The molecular formula is C13H20ClNO2Si. The van der Waals surface area contributed by atoms with Crippen LogP contribution in [0.15, 0.2) is 18.2 Å². The maximum Gasteiger partial charge on any atom is 0.252 e. The lowest BCUT2D eigenvalue weighted by atomic mass is 10.2. The van der Waals surface area contributed by atoms with Crippen LogP contribution in [-0.2, 0) is 4.74 Å². The normalized spacial score (nSPS) is 11.4. The second kappa shape index (κ2) is 6.36. The van der Waals surface area contributed by atoms with Crippen molar-refractivity contribution in [3.8, 4) is 0 Å². The van der Waals surface area contributed by atoms with Crippen LogP contribution in [0.1, 0.15) is 10.4 Å². The van der Waals surface area contributed by atoms with Crippen LogP contribution in [0.2, 0.25) is 24.7 Å². The maximum absolute atomic E-state index is 12.2. The van der Waals surface area contributed by atoms with E-state index in [2.05, 4.69) is 25.0 Å². The van der Waals surface area contributed by atoms with E-state index >= 15 is 0 Å². The molecule has 0 radical (unpaired) electrons. The molecule has 1 rings (SSSR count). The van der Waals surface area contributed by atoms with Gasteiger partial charge in [-0.25, -0.2) is 0 Å². The van der Waals surface area contributed by atoms with Crippen molar-refractivity contribution >= 4 is 30.8 Å². The summed E-state index contributed by atoms with van der Waals surface area (Å²) >= 11 is 6.17. The molecule has 0 spiro atoms. The van der Waals surface area contributed by atoms with Crippen LogP contribution in [0.25, 0.3) is 0 Å². The number of halogens is 1. The van der Waals surface area contributed by atoms with Gasteiger partial charge in [-0.3, -0.25) is 4.79 Å². The minimum Gasteiger partial charge on any atom is -0.383 e. The summed E-state index contributed by atoms with van der Waals surface area (Å²) < 4.78 is 4.92. The van der Waals surface area contributed by atoms with E-state index in [0.29, 0.717) is 23.7 Å². The van der Waals surface area contributed by atoms with Crippen molar-refractivity contribution in [2.45, 2.75) is 19.6 Å². The molecule has 0 saturated heterocycles.